The van der Waals surface area contributed by atoms with Crippen LogP contribution in [-0.2, 0) is 19.1 Å². The number of fused-ring (bicyclic) bond motifs is 1. The highest BCUT2D eigenvalue weighted by Crippen LogP contribution is 2.33. The molecule has 2 atom stereocenters. The number of piperidine rings is 1. The number of ether oxygens (including phenoxy) is 2. The van der Waals surface area contributed by atoms with Gasteiger partial charge < -0.3 is 19.2 Å². The summed E-state index contributed by atoms with van der Waals surface area (Å²) in [7, 11) is 0. The van der Waals surface area contributed by atoms with Crippen molar-refractivity contribution in [3.05, 3.63) is 35.4 Å². The SMILES string of the molecule is CC(C)(C)OC(=O)N1CCC(C2CCC(C(=O)ON3C(=O)c4ccccc4C3=O)O2)CC1. The van der Waals surface area contributed by atoms with Gasteiger partial charge in [-0.1, -0.05) is 17.2 Å². The second-order valence-corrected chi connectivity index (χ2v) is 9.41. The third-order valence-corrected chi connectivity index (χ3v) is 5.97. The Hall–Kier alpha value is -2.94. The molecule has 4 rings (SSSR count). The molecule has 0 radical (unpaired) electrons. The maximum Gasteiger partial charge on any atom is 0.410 e. The molecule has 1 aromatic carbocycles. The van der Waals surface area contributed by atoms with Gasteiger partial charge in [0.25, 0.3) is 11.8 Å². The molecule has 2 saturated heterocycles. The summed E-state index contributed by atoms with van der Waals surface area (Å²) in [5.74, 6) is -1.83. The number of hydroxylamine groups is 2. The first-order chi connectivity index (χ1) is 15.1. The monoisotopic (exact) mass is 444 g/mol. The lowest BCUT2D eigenvalue weighted by Gasteiger charge is -2.35. The number of carbonyl (C=O) groups excluding carboxylic acids is 4. The van der Waals surface area contributed by atoms with Crippen LogP contribution in [0.1, 0.15) is 67.2 Å². The van der Waals surface area contributed by atoms with Crippen molar-refractivity contribution in [1.29, 1.82) is 0 Å². The van der Waals surface area contributed by atoms with Gasteiger partial charge in [-0.15, -0.1) is 0 Å². The average molecular weight is 444 g/mol. The van der Waals surface area contributed by atoms with Crippen molar-refractivity contribution in [3.63, 3.8) is 0 Å². The smallest absolute Gasteiger partial charge is 0.410 e. The van der Waals surface area contributed by atoms with Crippen LogP contribution in [0.3, 0.4) is 0 Å². The van der Waals surface area contributed by atoms with E-state index in [1.165, 1.54) is 12.1 Å². The van der Waals surface area contributed by atoms with E-state index in [4.69, 9.17) is 14.3 Å². The van der Waals surface area contributed by atoms with E-state index in [0.29, 0.717) is 31.0 Å². The van der Waals surface area contributed by atoms with E-state index in [0.717, 1.165) is 12.8 Å². The molecule has 0 aromatic heterocycles. The molecule has 3 aliphatic heterocycles. The molecule has 3 amide bonds. The van der Waals surface area contributed by atoms with Crippen LogP contribution in [-0.4, -0.2) is 64.7 Å². The molecular formula is C23H28N2O7. The van der Waals surface area contributed by atoms with Gasteiger partial charge in [-0.25, -0.2) is 9.59 Å². The molecule has 3 heterocycles. The maximum atomic E-state index is 12.6. The average Bonchev–Trinajstić information content (AvgIpc) is 3.33. The minimum atomic E-state index is -0.826. The number of likely N-dealkylation sites (tertiary alicyclic amines) is 1. The van der Waals surface area contributed by atoms with Crippen molar-refractivity contribution in [1.82, 2.24) is 9.96 Å². The zero-order chi connectivity index (χ0) is 23.0. The molecule has 0 spiro atoms. The van der Waals surface area contributed by atoms with Crippen molar-refractivity contribution in [2.75, 3.05) is 13.1 Å². The molecule has 3 aliphatic rings. The van der Waals surface area contributed by atoms with E-state index in [1.54, 1.807) is 17.0 Å². The van der Waals surface area contributed by atoms with Crippen LogP contribution in [0.4, 0.5) is 4.79 Å². The number of benzene rings is 1. The summed E-state index contributed by atoms with van der Waals surface area (Å²) in [5.41, 5.74) is -0.102. The third-order valence-electron chi connectivity index (χ3n) is 5.97. The van der Waals surface area contributed by atoms with E-state index in [2.05, 4.69) is 0 Å². The minimum absolute atomic E-state index is 0.129. The highest BCUT2D eigenvalue weighted by atomic mass is 16.7. The van der Waals surface area contributed by atoms with Gasteiger partial charge in [-0.3, -0.25) is 9.59 Å². The lowest BCUT2D eigenvalue weighted by molar-refractivity contribution is -0.182. The summed E-state index contributed by atoms with van der Waals surface area (Å²) in [6, 6.07) is 6.34. The van der Waals surface area contributed by atoms with Crippen molar-refractivity contribution in [2.45, 2.75) is 64.3 Å². The van der Waals surface area contributed by atoms with Gasteiger partial charge >= 0.3 is 12.1 Å². The molecule has 0 aliphatic carbocycles. The zero-order valence-corrected chi connectivity index (χ0v) is 18.5. The molecule has 9 heteroatoms. The normalized spacial score (nSPS) is 24.0. The highest BCUT2D eigenvalue weighted by molar-refractivity contribution is 6.20. The Bertz CT molecular complexity index is 896. The van der Waals surface area contributed by atoms with E-state index < -0.39 is 29.5 Å². The van der Waals surface area contributed by atoms with E-state index >= 15 is 0 Å². The van der Waals surface area contributed by atoms with Gasteiger partial charge in [-0.2, -0.15) is 0 Å². The highest BCUT2D eigenvalue weighted by Gasteiger charge is 2.43. The quantitative estimate of drug-likeness (QED) is 0.661. The Labute approximate surface area is 186 Å². The second kappa shape index (κ2) is 8.54. The van der Waals surface area contributed by atoms with Gasteiger partial charge in [0.2, 0.25) is 0 Å². The summed E-state index contributed by atoms with van der Waals surface area (Å²) in [6.45, 7) is 6.66. The van der Waals surface area contributed by atoms with Gasteiger partial charge in [0, 0.05) is 13.1 Å². The predicted molar refractivity (Wildman–Crippen MR) is 111 cm³/mol. The van der Waals surface area contributed by atoms with Crippen molar-refractivity contribution < 1.29 is 33.5 Å². The van der Waals surface area contributed by atoms with Crippen molar-refractivity contribution in [2.24, 2.45) is 5.92 Å². The molecule has 172 valence electrons. The number of rotatable bonds is 3. The molecule has 0 bridgehead atoms. The Balaban J connectivity index is 1.27. The fourth-order valence-electron chi connectivity index (χ4n) is 4.36. The molecule has 1 aromatic rings. The first kappa shape index (κ1) is 22.3. The van der Waals surface area contributed by atoms with Crippen molar-refractivity contribution in [3.8, 4) is 0 Å². The first-order valence-electron chi connectivity index (χ1n) is 11.0. The molecule has 2 fully saturated rings. The number of hydrogen-bond acceptors (Lipinski definition) is 7. The van der Waals surface area contributed by atoms with Crippen molar-refractivity contribution >= 4 is 23.9 Å². The minimum Gasteiger partial charge on any atom is -0.444 e. The van der Waals surface area contributed by atoms with Crippen LogP contribution in [0, 0.1) is 5.92 Å². The fraction of sp³-hybridized carbons (Fsp3) is 0.565. The zero-order valence-electron chi connectivity index (χ0n) is 18.5. The number of hydrogen-bond donors (Lipinski definition) is 0. The number of amides is 3. The Morgan fingerprint density at radius 3 is 2.12 bits per heavy atom. The molecule has 2 unspecified atom stereocenters. The summed E-state index contributed by atoms with van der Waals surface area (Å²) in [6.07, 6.45) is 1.38. The van der Waals surface area contributed by atoms with Gasteiger partial charge in [-0.05, 0) is 64.5 Å². The molecule has 0 saturated carbocycles. The number of carbonyl (C=O) groups is 4. The van der Waals surface area contributed by atoms with Crippen LogP contribution in [0.5, 0.6) is 0 Å². The maximum absolute atomic E-state index is 12.6. The Morgan fingerprint density at radius 2 is 1.56 bits per heavy atom. The number of imide groups is 1. The number of nitrogens with zero attached hydrogens (tertiary/aromatic N) is 2. The summed E-state index contributed by atoms with van der Waals surface area (Å²) < 4.78 is 11.4. The molecular weight excluding hydrogens is 416 g/mol. The molecule has 32 heavy (non-hydrogen) atoms. The first-order valence-corrected chi connectivity index (χ1v) is 11.0. The lowest BCUT2D eigenvalue weighted by atomic mass is 9.90. The largest absolute Gasteiger partial charge is 0.444 e. The summed E-state index contributed by atoms with van der Waals surface area (Å²) in [5, 5.41) is 0.517. The van der Waals surface area contributed by atoms with E-state index in [9.17, 15) is 19.2 Å². The van der Waals surface area contributed by atoms with Gasteiger partial charge in [0.15, 0.2) is 6.10 Å². The fourth-order valence-corrected chi connectivity index (χ4v) is 4.36. The van der Waals surface area contributed by atoms with Gasteiger partial charge in [0.1, 0.15) is 5.60 Å². The van der Waals surface area contributed by atoms with Crippen LogP contribution < -0.4 is 0 Å². The lowest BCUT2D eigenvalue weighted by Crippen LogP contribution is -2.44. The summed E-state index contributed by atoms with van der Waals surface area (Å²) in [4.78, 5) is 56.4. The van der Waals surface area contributed by atoms with Crippen LogP contribution in [0.25, 0.3) is 0 Å². The van der Waals surface area contributed by atoms with Gasteiger partial charge in [0.05, 0.1) is 17.2 Å². The summed E-state index contributed by atoms with van der Waals surface area (Å²) >= 11 is 0. The van der Waals surface area contributed by atoms with Crippen LogP contribution in [0.2, 0.25) is 0 Å². The van der Waals surface area contributed by atoms with E-state index in [1.807, 2.05) is 20.8 Å². The molecule has 9 nitrogen and oxygen atoms in total. The van der Waals surface area contributed by atoms with Crippen LogP contribution in [0.15, 0.2) is 24.3 Å². The predicted octanol–water partition coefficient (Wildman–Crippen LogP) is 2.94. The third kappa shape index (κ3) is 4.48. The second-order valence-electron chi connectivity index (χ2n) is 9.41. The molecule has 0 N–H and O–H groups in total. The Morgan fingerprint density at radius 1 is 0.969 bits per heavy atom. The Kier molecular flexibility index (Phi) is 5.94. The van der Waals surface area contributed by atoms with E-state index in [-0.39, 0.29) is 29.2 Å². The topological polar surface area (TPSA) is 102 Å². The standard InChI is InChI=1S/C23H28N2O7/c1-23(2,3)31-22(29)24-12-10-14(11-13-24)17-8-9-18(30-17)21(28)32-25-19(26)15-6-4-5-7-16(15)20(25)27/h4-7,14,17-18H,8-13H2,1-3H3. The van der Waals surface area contributed by atoms with Crippen LogP contribution >= 0.6 is 0 Å².